The van der Waals surface area contributed by atoms with Crippen LogP contribution >= 0.6 is 8.25 Å². The summed E-state index contributed by atoms with van der Waals surface area (Å²) in [5.74, 6) is 0. The summed E-state index contributed by atoms with van der Waals surface area (Å²) in [5.41, 5.74) is 7.59. The summed E-state index contributed by atoms with van der Waals surface area (Å²) < 4.78 is 20.2. The molecule has 0 aromatic heterocycles. The average Bonchev–Trinajstić information content (AvgIpc) is 2.06. The zero-order chi connectivity index (χ0) is 9.23. The molecule has 0 fully saturated rings. The molecule has 8 heteroatoms. The minimum atomic E-state index is -2.02. The van der Waals surface area contributed by atoms with E-state index in [1.807, 2.05) is 6.92 Å². The molecule has 0 rings (SSSR count). The van der Waals surface area contributed by atoms with Gasteiger partial charge < -0.3 is 8.59 Å². The van der Waals surface area contributed by atoms with Gasteiger partial charge in [0.25, 0.3) is 0 Å². The van der Waals surface area contributed by atoms with Crippen LogP contribution in [0.3, 0.4) is 0 Å². The maximum absolute atomic E-state index is 10.8. The van der Waals surface area contributed by atoms with Crippen LogP contribution in [-0.4, -0.2) is 19.7 Å². The van der Waals surface area contributed by atoms with Crippen molar-refractivity contribution in [1.82, 2.24) is 5.48 Å². The second-order valence-corrected chi connectivity index (χ2v) is 3.07. The molecule has 0 saturated heterocycles. The fourth-order valence-electron chi connectivity index (χ4n) is 0.467. The van der Waals surface area contributed by atoms with E-state index in [1.165, 1.54) is 0 Å². The summed E-state index contributed by atoms with van der Waals surface area (Å²) in [5, 5.41) is 0. The van der Waals surface area contributed by atoms with Gasteiger partial charge in [0.15, 0.2) is 0 Å². The van der Waals surface area contributed by atoms with Gasteiger partial charge in [-0.3, -0.25) is 0 Å². The normalized spacial score (nSPS) is 10.0. The molecule has 76 valence electrons. The molecule has 1 atom stereocenters. The van der Waals surface area contributed by atoms with Crippen LogP contribution in [0.15, 0.2) is 0 Å². The van der Waals surface area contributed by atoms with Crippen LogP contribution in [0, 0.1) is 0 Å². The van der Waals surface area contributed by atoms with E-state index in [1.54, 1.807) is 0 Å². The number of hydrogen-bond donors (Lipinski definition) is 2. The molecule has 0 radical (unpaired) electrons. The Hall–Kier alpha value is 2.58. The quantitative estimate of drug-likeness (QED) is 0.198. The minimum Gasteiger partial charge on any atom is -1.00 e. The molecule has 0 aliphatic rings. The fourth-order valence-corrected chi connectivity index (χ4v) is 0.995. The monoisotopic (exact) mass is 259 g/mol. The molecule has 14 heavy (non-hydrogen) atoms. The Morgan fingerprint density at radius 3 is 2.71 bits per heavy atom. The van der Waals surface area contributed by atoms with Gasteiger partial charge in [0.05, 0.1) is 0 Å². The van der Waals surface area contributed by atoms with Gasteiger partial charge in [-0.05, 0) is 11.0 Å². The van der Waals surface area contributed by atoms with E-state index < -0.39 is 8.25 Å². The van der Waals surface area contributed by atoms with Crippen LogP contribution < -0.4 is 92.2 Å². The van der Waals surface area contributed by atoms with Crippen molar-refractivity contribution in [3.8, 4) is 0 Å². The van der Waals surface area contributed by atoms with Gasteiger partial charge >= 0.3 is 89.2 Å². The first kappa shape index (κ1) is 21.8. The third-order valence-corrected chi connectivity index (χ3v) is 1.75. The smallest absolute Gasteiger partial charge is 1.00 e. The molecule has 0 bridgehead atoms. The van der Waals surface area contributed by atoms with Gasteiger partial charge in [-0.1, -0.05) is 13.3 Å². The number of hydrogen-bond acceptors (Lipinski definition) is 5. The minimum absolute atomic E-state index is 0. The molecule has 3 N–H and O–H groups in total. The predicted octanol–water partition coefficient (Wildman–Crippen LogP) is -4.83. The Balaban J connectivity index is -0.000000101. The van der Waals surface area contributed by atoms with E-state index in [9.17, 15) is 4.57 Å². The zero-order valence-corrected chi connectivity index (χ0v) is 15.3. The first-order chi connectivity index (χ1) is 5.81. The Labute approximate surface area is 154 Å². The summed E-state index contributed by atoms with van der Waals surface area (Å²) in [6, 6.07) is 0. The summed E-state index contributed by atoms with van der Waals surface area (Å²) in [7, 11) is -2.02. The summed E-state index contributed by atoms with van der Waals surface area (Å²) >= 11 is 0. The van der Waals surface area contributed by atoms with Crippen molar-refractivity contribution in [2.75, 3.05) is 19.7 Å². The van der Waals surface area contributed by atoms with Crippen molar-refractivity contribution < 1.29 is 97.5 Å². The number of rotatable bonds is 8. The van der Waals surface area contributed by atoms with Crippen molar-refractivity contribution >= 4 is 8.25 Å². The van der Waals surface area contributed by atoms with Crippen molar-refractivity contribution in [2.45, 2.75) is 19.8 Å². The summed E-state index contributed by atoms with van der Waals surface area (Å²) in [4.78, 5) is 0. The van der Waals surface area contributed by atoms with Gasteiger partial charge in [0.1, 0.15) is 6.61 Å². The molecular weight excluding hydrogens is 241 g/mol. The maximum Gasteiger partial charge on any atom is 1.00 e. The first-order valence-corrected chi connectivity index (χ1v) is 5.10. The SMILES string of the molecule is CCCCO[P+](=O)ONCCN.[H-].[H-].[K+].[Na+]. The van der Waals surface area contributed by atoms with Crippen molar-refractivity contribution in [2.24, 2.45) is 5.73 Å². The maximum atomic E-state index is 10.8. The summed E-state index contributed by atoms with van der Waals surface area (Å²) in [6.45, 7) is 3.41. The molecule has 0 saturated carbocycles. The van der Waals surface area contributed by atoms with Crippen molar-refractivity contribution in [3.63, 3.8) is 0 Å². The van der Waals surface area contributed by atoms with Gasteiger partial charge in [-0.15, -0.1) is 10.0 Å². The molecule has 0 aliphatic carbocycles. The van der Waals surface area contributed by atoms with Crippen LogP contribution in [0.2, 0.25) is 0 Å². The van der Waals surface area contributed by atoms with Gasteiger partial charge in [-0.2, -0.15) is 0 Å². The third kappa shape index (κ3) is 17.0. The van der Waals surface area contributed by atoms with E-state index in [4.69, 9.17) is 10.3 Å². The molecule has 0 aromatic carbocycles. The largest absolute Gasteiger partial charge is 1.00 e. The Kier molecular flexibility index (Phi) is 28.0. The van der Waals surface area contributed by atoms with E-state index in [0.29, 0.717) is 19.7 Å². The average molecular weight is 259 g/mol. The number of nitrogens with one attached hydrogen (secondary N) is 1. The number of hydroxylamine groups is 1. The van der Waals surface area contributed by atoms with Crippen LogP contribution in [0.25, 0.3) is 0 Å². The Bertz CT molecular complexity index is 130. The van der Waals surface area contributed by atoms with E-state index in [-0.39, 0.29) is 83.8 Å². The van der Waals surface area contributed by atoms with Crippen LogP contribution in [-0.2, 0) is 13.7 Å². The Morgan fingerprint density at radius 2 is 2.21 bits per heavy atom. The molecule has 0 heterocycles. The second-order valence-electron chi connectivity index (χ2n) is 2.18. The third-order valence-electron chi connectivity index (χ3n) is 1.08. The predicted molar refractivity (Wildman–Crippen MR) is 48.8 cm³/mol. The summed E-state index contributed by atoms with van der Waals surface area (Å²) in [6.07, 6.45) is 1.90. The number of unbranched alkanes of at least 4 members (excludes halogenated alkanes) is 1. The molecule has 0 spiro atoms. The van der Waals surface area contributed by atoms with Crippen LogP contribution in [0.4, 0.5) is 0 Å². The number of nitrogens with two attached hydrogens (primary N) is 1. The first-order valence-electron chi connectivity index (χ1n) is 4.01. The van der Waals surface area contributed by atoms with Crippen LogP contribution in [0.5, 0.6) is 0 Å². The molecule has 0 aliphatic heterocycles. The Morgan fingerprint density at radius 1 is 1.57 bits per heavy atom. The van der Waals surface area contributed by atoms with Gasteiger partial charge in [0.2, 0.25) is 0 Å². The van der Waals surface area contributed by atoms with Crippen molar-refractivity contribution in [3.05, 3.63) is 0 Å². The molecular formula is C6H18KN2NaO3P+. The van der Waals surface area contributed by atoms with Gasteiger partial charge in [0, 0.05) is 17.7 Å². The fraction of sp³-hybridized carbons (Fsp3) is 1.00. The van der Waals surface area contributed by atoms with Crippen LogP contribution in [0.1, 0.15) is 22.6 Å². The second kappa shape index (κ2) is 18.0. The van der Waals surface area contributed by atoms with E-state index in [0.717, 1.165) is 12.8 Å². The van der Waals surface area contributed by atoms with Gasteiger partial charge in [-0.25, -0.2) is 0 Å². The van der Waals surface area contributed by atoms with Crippen molar-refractivity contribution in [1.29, 1.82) is 0 Å². The molecule has 0 amide bonds. The van der Waals surface area contributed by atoms with E-state index >= 15 is 0 Å². The standard InChI is InChI=1S/C6H16N2O3P.K.Na.2H/c1-2-3-6-10-12(9)11-8-5-4-7;;;;/h8H,2-7H2,1H3;;;;/q3*+1;2*-1. The molecule has 1 unspecified atom stereocenters. The molecule has 5 nitrogen and oxygen atoms in total. The van der Waals surface area contributed by atoms with E-state index in [2.05, 4.69) is 10.1 Å². The zero-order valence-electron chi connectivity index (χ0n) is 11.3. The molecule has 0 aromatic rings. The topological polar surface area (TPSA) is 73.6 Å².